The van der Waals surface area contributed by atoms with Crippen LogP contribution in [-0.2, 0) is 0 Å². The number of benzene rings is 8. The van der Waals surface area contributed by atoms with Crippen LogP contribution in [-0.4, -0.2) is 19.5 Å². The molecule has 0 saturated carbocycles. The first-order valence-corrected chi connectivity index (χ1v) is 19.8. The predicted octanol–water partition coefficient (Wildman–Crippen LogP) is 13.9. The largest absolute Gasteiger partial charge is 0.456 e. The molecule has 12 rings (SSSR count). The van der Waals surface area contributed by atoms with E-state index in [1.165, 1.54) is 42.0 Å². The number of fused-ring (bicyclic) bond motifs is 9. The normalized spacial score (nSPS) is 11.9. The molecule has 8 aromatic carbocycles. The van der Waals surface area contributed by atoms with Gasteiger partial charge in [0, 0.05) is 64.1 Å². The summed E-state index contributed by atoms with van der Waals surface area (Å²) >= 11 is 1.79. The number of furan rings is 1. The minimum Gasteiger partial charge on any atom is -0.456 e. The highest BCUT2D eigenvalue weighted by molar-refractivity contribution is 7.25. The first kappa shape index (κ1) is 31.9. The SMILES string of the molecule is c1ccc(-c2nc(-c3ccc4c(c3)oc3cc(-c5ccc6c7ccccc7n(-c7ccccc7)c6c5)ccc34)nc(-c3ccc4c(c3)sc3ccccc34)n2)cc1. The van der Waals surface area contributed by atoms with Crippen LogP contribution in [0.5, 0.6) is 0 Å². The van der Waals surface area contributed by atoms with Gasteiger partial charge in [0.25, 0.3) is 0 Å². The van der Waals surface area contributed by atoms with Crippen molar-refractivity contribution in [2.75, 3.05) is 0 Å². The van der Waals surface area contributed by atoms with Gasteiger partial charge in [0.2, 0.25) is 0 Å². The first-order valence-electron chi connectivity index (χ1n) is 19.0. The van der Waals surface area contributed by atoms with Crippen LogP contribution in [0.15, 0.2) is 186 Å². The molecule has 0 radical (unpaired) electrons. The Balaban J connectivity index is 0.964. The van der Waals surface area contributed by atoms with Crippen molar-refractivity contribution >= 4 is 75.3 Å². The molecule has 12 aromatic rings. The minimum absolute atomic E-state index is 0.598. The summed E-state index contributed by atoms with van der Waals surface area (Å²) in [5, 5.41) is 7.10. The number of rotatable bonds is 5. The Labute approximate surface area is 330 Å². The lowest BCUT2D eigenvalue weighted by molar-refractivity contribution is 0.669. The van der Waals surface area contributed by atoms with Gasteiger partial charge in [0.1, 0.15) is 11.2 Å². The number of hydrogen-bond acceptors (Lipinski definition) is 5. The Morgan fingerprint density at radius 3 is 1.61 bits per heavy atom. The zero-order valence-corrected chi connectivity index (χ0v) is 31.2. The topological polar surface area (TPSA) is 56.7 Å². The van der Waals surface area contributed by atoms with Gasteiger partial charge in [-0.25, -0.2) is 15.0 Å². The van der Waals surface area contributed by atoms with Crippen molar-refractivity contribution < 1.29 is 4.42 Å². The van der Waals surface area contributed by atoms with E-state index in [1.807, 2.05) is 30.3 Å². The number of para-hydroxylation sites is 2. The van der Waals surface area contributed by atoms with Crippen LogP contribution in [0.1, 0.15) is 0 Å². The van der Waals surface area contributed by atoms with Crippen LogP contribution >= 0.6 is 11.3 Å². The smallest absolute Gasteiger partial charge is 0.164 e. The molecule has 0 aliphatic carbocycles. The maximum Gasteiger partial charge on any atom is 0.164 e. The van der Waals surface area contributed by atoms with Gasteiger partial charge in [0.15, 0.2) is 17.5 Å². The Kier molecular flexibility index (Phi) is 7.03. The first-order chi connectivity index (χ1) is 28.2. The van der Waals surface area contributed by atoms with Crippen molar-refractivity contribution in [2.24, 2.45) is 0 Å². The molecule has 0 aliphatic heterocycles. The van der Waals surface area contributed by atoms with Crippen molar-refractivity contribution in [3.8, 4) is 51.0 Å². The Bertz CT molecular complexity index is 3530. The highest BCUT2D eigenvalue weighted by atomic mass is 32.1. The molecule has 0 fully saturated rings. The monoisotopic (exact) mass is 746 g/mol. The van der Waals surface area contributed by atoms with Gasteiger partial charge in [-0.2, -0.15) is 0 Å². The standard InChI is InChI=1S/C51H30N4OS/c1-3-11-31(12-4-1)49-52-50(54-51(53-49)35-22-26-42-41-16-8-10-18-47(41)57-48(42)30-35)34-21-25-40-39-24-20-33(28-45(39)56-46(40)29-34)32-19-23-38-37-15-7-9-17-43(37)55(44(38)27-32)36-13-5-2-6-14-36/h1-30H. The third-order valence-electron chi connectivity index (χ3n) is 11.1. The lowest BCUT2D eigenvalue weighted by Gasteiger charge is -2.09. The quantitative estimate of drug-likeness (QED) is 0.176. The third-order valence-corrected chi connectivity index (χ3v) is 12.2. The molecule has 0 atom stereocenters. The second kappa shape index (κ2) is 12.6. The lowest BCUT2D eigenvalue weighted by atomic mass is 10.0. The summed E-state index contributed by atoms with van der Waals surface area (Å²) in [4.78, 5) is 15.1. The maximum absolute atomic E-state index is 6.64. The van der Waals surface area contributed by atoms with Gasteiger partial charge < -0.3 is 8.98 Å². The molecule has 6 heteroatoms. The summed E-state index contributed by atoms with van der Waals surface area (Å²) in [7, 11) is 0. The van der Waals surface area contributed by atoms with Gasteiger partial charge in [-0.15, -0.1) is 11.3 Å². The highest BCUT2D eigenvalue weighted by Gasteiger charge is 2.17. The van der Waals surface area contributed by atoms with Gasteiger partial charge in [-0.05, 0) is 71.8 Å². The van der Waals surface area contributed by atoms with Gasteiger partial charge in [-0.1, -0.05) is 121 Å². The number of nitrogens with zero attached hydrogens (tertiary/aromatic N) is 4. The second-order valence-electron chi connectivity index (χ2n) is 14.4. The van der Waals surface area contributed by atoms with Crippen molar-refractivity contribution in [1.82, 2.24) is 19.5 Å². The number of thiophene rings is 1. The molecule has 266 valence electrons. The second-order valence-corrected chi connectivity index (χ2v) is 15.5. The van der Waals surface area contributed by atoms with Crippen LogP contribution in [0.3, 0.4) is 0 Å². The summed E-state index contributed by atoms with van der Waals surface area (Å²) in [5.41, 5.74) is 10.1. The maximum atomic E-state index is 6.64. The fourth-order valence-corrected chi connectivity index (χ4v) is 9.46. The van der Waals surface area contributed by atoms with E-state index in [9.17, 15) is 0 Å². The van der Waals surface area contributed by atoms with Gasteiger partial charge in [0.05, 0.1) is 11.0 Å². The van der Waals surface area contributed by atoms with Crippen molar-refractivity contribution in [3.63, 3.8) is 0 Å². The number of hydrogen-bond donors (Lipinski definition) is 0. The summed E-state index contributed by atoms with van der Waals surface area (Å²) < 4.78 is 11.5. The number of aromatic nitrogens is 4. The molecule has 0 amide bonds. The Hall–Kier alpha value is -7.41. The zero-order chi connectivity index (χ0) is 37.5. The van der Waals surface area contributed by atoms with E-state index < -0.39 is 0 Å². The van der Waals surface area contributed by atoms with Crippen molar-refractivity contribution in [1.29, 1.82) is 0 Å². The van der Waals surface area contributed by atoms with Crippen LogP contribution < -0.4 is 0 Å². The fourth-order valence-electron chi connectivity index (χ4n) is 8.32. The molecule has 4 heterocycles. The van der Waals surface area contributed by atoms with E-state index >= 15 is 0 Å². The summed E-state index contributed by atoms with van der Waals surface area (Å²) in [6, 6.07) is 63.9. The lowest BCUT2D eigenvalue weighted by Crippen LogP contribution is -2.00. The molecule has 0 unspecified atom stereocenters. The average Bonchev–Trinajstić information content (AvgIpc) is 3.95. The van der Waals surface area contributed by atoms with Crippen LogP contribution in [0.25, 0.3) is 115 Å². The molecule has 0 N–H and O–H groups in total. The van der Waals surface area contributed by atoms with Crippen LogP contribution in [0.2, 0.25) is 0 Å². The molecular weight excluding hydrogens is 717 g/mol. The molecule has 0 bridgehead atoms. The molecule has 4 aromatic heterocycles. The predicted molar refractivity (Wildman–Crippen MR) is 236 cm³/mol. The summed E-state index contributed by atoms with van der Waals surface area (Å²) in [6.07, 6.45) is 0. The molecular formula is C51H30N4OS. The van der Waals surface area contributed by atoms with Crippen molar-refractivity contribution in [2.45, 2.75) is 0 Å². The van der Waals surface area contributed by atoms with Crippen LogP contribution in [0, 0.1) is 0 Å². The molecule has 0 aliphatic rings. The van der Waals surface area contributed by atoms with E-state index in [-0.39, 0.29) is 0 Å². The molecule has 0 spiro atoms. The Morgan fingerprint density at radius 2 is 0.860 bits per heavy atom. The fraction of sp³-hybridized carbons (Fsp3) is 0. The van der Waals surface area contributed by atoms with Gasteiger partial charge >= 0.3 is 0 Å². The van der Waals surface area contributed by atoms with E-state index in [0.29, 0.717) is 17.5 Å². The van der Waals surface area contributed by atoms with Crippen molar-refractivity contribution in [3.05, 3.63) is 182 Å². The van der Waals surface area contributed by atoms with Gasteiger partial charge in [-0.3, -0.25) is 0 Å². The summed E-state index contributed by atoms with van der Waals surface area (Å²) in [6.45, 7) is 0. The Morgan fingerprint density at radius 1 is 0.351 bits per heavy atom. The summed E-state index contributed by atoms with van der Waals surface area (Å²) in [5.74, 6) is 1.86. The van der Waals surface area contributed by atoms with E-state index in [0.717, 1.165) is 55.4 Å². The average molecular weight is 747 g/mol. The van der Waals surface area contributed by atoms with E-state index in [2.05, 4.69) is 156 Å². The zero-order valence-electron chi connectivity index (χ0n) is 30.4. The third kappa shape index (κ3) is 5.19. The van der Waals surface area contributed by atoms with E-state index in [1.54, 1.807) is 11.3 Å². The molecule has 57 heavy (non-hydrogen) atoms. The van der Waals surface area contributed by atoms with Crippen LogP contribution in [0.4, 0.5) is 0 Å². The highest BCUT2D eigenvalue weighted by Crippen LogP contribution is 2.39. The van der Waals surface area contributed by atoms with E-state index in [4.69, 9.17) is 19.4 Å². The minimum atomic E-state index is 0.598. The molecule has 0 saturated heterocycles. The molecule has 5 nitrogen and oxygen atoms in total.